The molecule has 1 fully saturated rings. The van der Waals surface area contributed by atoms with Gasteiger partial charge < -0.3 is 35.4 Å². The number of carbonyl (C=O) groups is 2. The van der Waals surface area contributed by atoms with Gasteiger partial charge in [-0.05, 0) is 85.2 Å². The van der Waals surface area contributed by atoms with Gasteiger partial charge in [0.25, 0.3) is 5.91 Å². The van der Waals surface area contributed by atoms with Crippen LogP contribution in [-0.4, -0.2) is 78.8 Å². The summed E-state index contributed by atoms with van der Waals surface area (Å²) in [5, 5.41) is 29.1. The van der Waals surface area contributed by atoms with Crippen LogP contribution in [0.2, 0.25) is 0 Å². The number of benzene rings is 3. The first-order valence-electron chi connectivity index (χ1n) is 15.3. The zero-order chi connectivity index (χ0) is 33.1. The molecule has 0 heterocycles. The first-order chi connectivity index (χ1) is 22.0. The van der Waals surface area contributed by atoms with Crippen LogP contribution in [0.15, 0.2) is 66.7 Å². The highest BCUT2D eigenvalue weighted by atomic mass is 32.2. The summed E-state index contributed by atoms with van der Waals surface area (Å²) in [7, 11) is -3.93. The quantitative estimate of drug-likeness (QED) is 0.149. The Kier molecular flexibility index (Phi) is 12.2. The van der Waals surface area contributed by atoms with Crippen molar-refractivity contribution in [3.63, 3.8) is 0 Å². The monoisotopic (exact) mass is 655 g/mol. The molecule has 0 aliphatic heterocycles. The van der Waals surface area contributed by atoms with E-state index < -0.39 is 28.1 Å². The lowest BCUT2D eigenvalue weighted by Gasteiger charge is -2.24. The second-order valence-corrected chi connectivity index (χ2v) is 13.0. The normalized spacial score (nSPS) is 14.3. The van der Waals surface area contributed by atoms with E-state index >= 15 is 0 Å². The molecule has 6 N–H and O–H groups in total. The van der Waals surface area contributed by atoms with Crippen LogP contribution in [0.25, 0.3) is 11.1 Å². The van der Waals surface area contributed by atoms with Crippen LogP contribution in [0.4, 0.5) is 10.5 Å². The molecule has 0 radical (unpaired) electrons. The number of nitrogens with one attached hydrogen (secondary N) is 1. The molecule has 0 spiro atoms. The van der Waals surface area contributed by atoms with Crippen molar-refractivity contribution in [2.75, 3.05) is 37.8 Å². The molecule has 248 valence electrons. The van der Waals surface area contributed by atoms with Gasteiger partial charge in [-0.15, -0.1) is 0 Å². The van der Waals surface area contributed by atoms with Crippen LogP contribution >= 0.6 is 0 Å². The standard InChI is InChI=1S/C33H41N3O9S/c34-26-12-7-24(8-13-26)30(38)22-36(33(40)41)17-19-44-27-14-9-23(10-15-27)25-11-16-29(32(39)35-46(42,43)20-4-18-37)31(21-25)45-28-5-2-1-3-6-28/h7-16,21,28,30,37-38H,1-6,17-20,22,34H2,(H,35,39)(H,40,41)/t30-/m0/s1. The number of hydrogen-bond donors (Lipinski definition) is 5. The van der Waals surface area contributed by atoms with Crippen LogP contribution in [0.5, 0.6) is 11.5 Å². The van der Waals surface area contributed by atoms with Crippen LogP contribution in [0.3, 0.4) is 0 Å². The molecule has 0 bridgehead atoms. The minimum absolute atomic E-state index is 0.0121. The van der Waals surface area contributed by atoms with Crippen molar-refractivity contribution in [1.82, 2.24) is 9.62 Å². The van der Waals surface area contributed by atoms with Crippen LogP contribution in [-0.2, 0) is 10.0 Å². The molecule has 0 saturated heterocycles. The van der Waals surface area contributed by atoms with Gasteiger partial charge >= 0.3 is 6.09 Å². The van der Waals surface area contributed by atoms with Gasteiger partial charge in [-0.1, -0.05) is 36.8 Å². The number of aliphatic hydroxyl groups excluding tert-OH is 2. The fraction of sp³-hybridized carbons (Fsp3) is 0.394. The lowest BCUT2D eigenvalue weighted by atomic mass is 9.97. The Bertz CT molecular complexity index is 1560. The minimum atomic E-state index is -3.93. The van der Waals surface area contributed by atoms with Crippen molar-refractivity contribution < 1.29 is 42.8 Å². The number of carboxylic acid groups (broad SMARTS) is 1. The Morgan fingerprint density at radius 2 is 1.65 bits per heavy atom. The molecule has 0 aromatic heterocycles. The lowest BCUT2D eigenvalue weighted by molar-refractivity contribution is 0.0894. The van der Waals surface area contributed by atoms with E-state index in [-0.39, 0.29) is 55.9 Å². The number of nitrogens with two attached hydrogens (primary N) is 1. The van der Waals surface area contributed by atoms with Gasteiger partial charge in [0.2, 0.25) is 10.0 Å². The summed E-state index contributed by atoms with van der Waals surface area (Å²) in [4.78, 5) is 25.8. The topological polar surface area (TPSA) is 189 Å². The lowest BCUT2D eigenvalue weighted by Crippen LogP contribution is -2.36. The van der Waals surface area contributed by atoms with Gasteiger partial charge in [0.1, 0.15) is 18.1 Å². The van der Waals surface area contributed by atoms with Gasteiger partial charge in [-0.3, -0.25) is 4.79 Å². The second kappa shape index (κ2) is 16.3. The van der Waals surface area contributed by atoms with Gasteiger partial charge in [-0.25, -0.2) is 17.9 Å². The summed E-state index contributed by atoms with van der Waals surface area (Å²) >= 11 is 0. The van der Waals surface area contributed by atoms with Crippen LogP contribution in [0.1, 0.15) is 60.6 Å². The third-order valence-corrected chi connectivity index (χ3v) is 9.02. The Morgan fingerprint density at radius 3 is 2.30 bits per heavy atom. The van der Waals surface area contributed by atoms with Crippen molar-refractivity contribution in [3.8, 4) is 22.6 Å². The molecule has 13 heteroatoms. The van der Waals surface area contributed by atoms with Gasteiger partial charge in [0.05, 0.1) is 36.6 Å². The Hall–Kier alpha value is -4.33. The number of hydrogen-bond acceptors (Lipinski definition) is 9. The van der Waals surface area contributed by atoms with Crippen molar-refractivity contribution in [2.45, 2.75) is 50.7 Å². The molecular formula is C33H41N3O9S. The summed E-state index contributed by atoms with van der Waals surface area (Å²) in [6, 6.07) is 18.6. The van der Waals surface area contributed by atoms with E-state index in [0.717, 1.165) is 48.1 Å². The molecule has 4 rings (SSSR count). The summed E-state index contributed by atoms with van der Waals surface area (Å²) in [5.41, 5.74) is 8.42. The fourth-order valence-corrected chi connectivity index (χ4v) is 6.17. The predicted octanol–water partition coefficient (Wildman–Crippen LogP) is 4.18. The number of anilines is 1. The number of aliphatic hydroxyl groups is 2. The van der Waals surface area contributed by atoms with Gasteiger partial charge in [-0.2, -0.15) is 0 Å². The van der Waals surface area contributed by atoms with Gasteiger partial charge in [0, 0.05) is 12.3 Å². The molecule has 3 aromatic carbocycles. The summed E-state index contributed by atoms with van der Waals surface area (Å²) in [6.45, 7) is -0.343. The van der Waals surface area contributed by atoms with Crippen molar-refractivity contribution in [2.24, 2.45) is 0 Å². The SMILES string of the molecule is Nc1ccc([C@@H](O)CN(CCOc2ccc(-c3ccc(C(=O)NS(=O)(=O)CCCO)c(OC4CCCCC4)c3)cc2)C(=O)O)cc1. The summed E-state index contributed by atoms with van der Waals surface area (Å²) in [6.07, 6.45) is 2.54. The Labute approximate surface area is 268 Å². The average molecular weight is 656 g/mol. The predicted molar refractivity (Wildman–Crippen MR) is 173 cm³/mol. The number of rotatable bonds is 15. The Balaban J connectivity index is 1.42. The molecule has 1 aliphatic rings. The fourth-order valence-electron chi connectivity index (χ4n) is 5.17. The highest BCUT2D eigenvalue weighted by Gasteiger charge is 2.23. The molecule has 1 aliphatic carbocycles. The number of nitrogens with zero attached hydrogens (tertiary/aromatic N) is 1. The van der Waals surface area contributed by atoms with Crippen LogP contribution < -0.4 is 19.9 Å². The number of carbonyl (C=O) groups excluding carboxylic acids is 1. The maximum atomic E-state index is 13.0. The first kappa shape index (κ1) is 34.5. The molecule has 2 amide bonds. The highest BCUT2D eigenvalue weighted by molar-refractivity contribution is 7.90. The average Bonchev–Trinajstić information content (AvgIpc) is 3.04. The van der Waals surface area contributed by atoms with E-state index in [0.29, 0.717) is 17.0 Å². The maximum Gasteiger partial charge on any atom is 0.407 e. The molecule has 3 aromatic rings. The van der Waals surface area contributed by atoms with Crippen molar-refractivity contribution in [1.29, 1.82) is 0 Å². The molecule has 46 heavy (non-hydrogen) atoms. The van der Waals surface area contributed by atoms with Crippen molar-refractivity contribution >= 4 is 27.7 Å². The first-order valence-corrected chi connectivity index (χ1v) is 16.9. The minimum Gasteiger partial charge on any atom is -0.492 e. The number of ether oxygens (including phenoxy) is 2. The third-order valence-electron chi connectivity index (χ3n) is 7.69. The zero-order valence-electron chi connectivity index (χ0n) is 25.5. The van der Waals surface area contributed by atoms with E-state index in [1.165, 1.54) is 6.07 Å². The largest absolute Gasteiger partial charge is 0.492 e. The van der Waals surface area contributed by atoms with Crippen LogP contribution in [0, 0.1) is 0 Å². The highest BCUT2D eigenvalue weighted by Crippen LogP contribution is 2.32. The van der Waals surface area contributed by atoms with E-state index in [2.05, 4.69) is 4.72 Å². The van der Waals surface area contributed by atoms with E-state index in [9.17, 15) is 28.2 Å². The molecule has 1 atom stereocenters. The van der Waals surface area contributed by atoms with E-state index in [1.54, 1.807) is 48.5 Å². The zero-order valence-corrected chi connectivity index (χ0v) is 26.3. The molecular weight excluding hydrogens is 614 g/mol. The molecule has 0 unspecified atom stereocenters. The smallest absolute Gasteiger partial charge is 0.407 e. The van der Waals surface area contributed by atoms with E-state index in [4.69, 9.17) is 20.3 Å². The maximum absolute atomic E-state index is 13.0. The molecule has 12 nitrogen and oxygen atoms in total. The number of sulfonamides is 1. The third kappa shape index (κ3) is 10.1. The molecule has 1 saturated carbocycles. The Morgan fingerprint density at radius 1 is 0.978 bits per heavy atom. The van der Waals surface area contributed by atoms with Gasteiger partial charge in [0.15, 0.2) is 0 Å². The second-order valence-electron chi connectivity index (χ2n) is 11.2. The summed E-state index contributed by atoms with van der Waals surface area (Å²) < 4.78 is 38.7. The number of amides is 2. The van der Waals surface area contributed by atoms with E-state index in [1.807, 2.05) is 12.1 Å². The summed E-state index contributed by atoms with van der Waals surface area (Å²) in [5.74, 6) is -0.374. The number of nitrogen functional groups attached to an aromatic ring is 1. The van der Waals surface area contributed by atoms with Crippen molar-refractivity contribution in [3.05, 3.63) is 77.9 Å².